The largest absolute Gasteiger partial charge is 0.481 e. The molecule has 0 aliphatic rings. The molecule has 0 aliphatic carbocycles. The van der Waals surface area contributed by atoms with Crippen molar-refractivity contribution in [3.8, 4) is 0 Å². The zero-order valence-electron chi connectivity index (χ0n) is 9.82. The third-order valence-electron chi connectivity index (χ3n) is 2.30. The molecule has 1 aromatic rings. The van der Waals surface area contributed by atoms with Crippen LogP contribution in [0.1, 0.15) is 17.5 Å². The van der Waals surface area contributed by atoms with Gasteiger partial charge in [-0.3, -0.25) is 19.7 Å². The zero-order valence-corrected chi connectivity index (χ0v) is 9.82. The Balaban J connectivity index is 2.74. The molecule has 1 heterocycles. The summed E-state index contributed by atoms with van der Waals surface area (Å²) in [6, 6.07) is 2.25. The molecule has 1 N–H and O–H groups in total. The van der Waals surface area contributed by atoms with E-state index in [1.807, 2.05) is 0 Å². The number of carbonyl (C=O) groups excluding carboxylic acids is 1. The molecule has 8 heteroatoms. The Morgan fingerprint density at radius 3 is 2.61 bits per heavy atom. The van der Waals surface area contributed by atoms with Gasteiger partial charge in [0.05, 0.1) is 12.0 Å². The van der Waals surface area contributed by atoms with E-state index in [-0.39, 0.29) is 12.3 Å². The predicted molar refractivity (Wildman–Crippen MR) is 59.1 cm³/mol. The van der Waals surface area contributed by atoms with Gasteiger partial charge in [-0.15, -0.1) is 0 Å². The first kappa shape index (κ1) is 13.7. The first-order chi connectivity index (χ1) is 8.32. The van der Waals surface area contributed by atoms with Crippen LogP contribution in [-0.2, 0) is 4.79 Å². The summed E-state index contributed by atoms with van der Waals surface area (Å²) in [4.78, 5) is 33.2. The fourth-order valence-electron chi connectivity index (χ4n) is 1.30. The highest BCUT2D eigenvalue weighted by atomic mass is 16.6. The van der Waals surface area contributed by atoms with Crippen LogP contribution in [0.2, 0.25) is 0 Å². The standard InChI is InChI=1S/C10H12N2O6/c1-6(10(14)15)5-11(2)9(13)7-3-4-8(18-7)12(16)17/h3-4,6H,5H2,1-2H3,(H,14,15). The highest BCUT2D eigenvalue weighted by Gasteiger charge is 2.23. The minimum Gasteiger partial charge on any atom is -0.481 e. The number of rotatable bonds is 5. The Labute approximate surface area is 102 Å². The van der Waals surface area contributed by atoms with Gasteiger partial charge in [0.25, 0.3) is 5.91 Å². The number of furan rings is 1. The summed E-state index contributed by atoms with van der Waals surface area (Å²) in [6.45, 7) is 1.44. The van der Waals surface area contributed by atoms with Crippen LogP contribution in [0.25, 0.3) is 0 Å². The molecule has 0 radical (unpaired) electrons. The van der Waals surface area contributed by atoms with E-state index in [4.69, 9.17) is 9.52 Å². The third kappa shape index (κ3) is 3.06. The smallest absolute Gasteiger partial charge is 0.433 e. The monoisotopic (exact) mass is 256 g/mol. The molecule has 1 atom stereocenters. The summed E-state index contributed by atoms with van der Waals surface area (Å²) in [7, 11) is 1.40. The van der Waals surface area contributed by atoms with Gasteiger partial charge in [0.1, 0.15) is 4.92 Å². The van der Waals surface area contributed by atoms with Crippen molar-refractivity contribution in [1.82, 2.24) is 4.90 Å². The molecule has 1 unspecified atom stereocenters. The fraction of sp³-hybridized carbons (Fsp3) is 0.400. The van der Waals surface area contributed by atoms with Gasteiger partial charge in [0.15, 0.2) is 5.76 Å². The van der Waals surface area contributed by atoms with Gasteiger partial charge >= 0.3 is 11.9 Å². The minimum absolute atomic E-state index is 0.0112. The number of carboxylic acids is 1. The highest BCUT2D eigenvalue weighted by Crippen LogP contribution is 2.17. The molecular weight excluding hydrogens is 244 g/mol. The maximum Gasteiger partial charge on any atom is 0.433 e. The van der Waals surface area contributed by atoms with Gasteiger partial charge in [0.2, 0.25) is 0 Å². The van der Waals surface area contributed by atoms with Crippen molar-refractivity contribution in [2.24, 2.45) is 5.92 Å². The Morgan fingerprint density at radius 2 is 2.17 bits per heavy atom. The van der Waals surface area contributed by atoms with E-state index in [0.29, 0.717) is 0 Å². The topological polar surface area (TPSA) is 114 Å². The average molecular weight is 256 g/mol. The quantitative estimate of drug-likeness (QED) is 0.620. The van der Waals surface area contributed by atoms with Gasteiger partial charge < -0.3 is 14.4 Å². The van der Waals surface area contributed by atoms with E-state index in [1.54, 1.807) is 0 Å². The number of nitro groups is 1. The Morgan fingerprint density at radius 1 is 1.56 bits per heavy atom. The first-order valence-electron chi connectivity index (χ1n) is 5.05. The summed E-state index contributed by atoms with van der Waals surface area (Å²) >= 11 is 0. The average Bonchev–Trinajstić information content (AvgIpc) is 2.76. The maximum absolute atomic E-state index is 11.8. The lowest BCUT2D eigenvalue weighted by Gasteiger charge is -2.17. The molecule has 1 aromatic heterocycles. The van der Waals surface area contributed by atoms with Crippen LogP contribution < -0.4 is 0 Å². The van der Waals surface area contributed by atoms with Crippen molar-refractivity contribution < 1.29 is 24.0 Å². The number of nitrogens with zero attached hydrogens (tertiary/aromatic N) is 2. The lowest BCUT2D eigenvalue weighted by Crippen LogP contribution is -2.33. The zero-order chi connectivity index (χ0) is 13.9. The second-order valence-electron chi connectivity index (χ2n) is 3.82. The molecule has 18 heavy (non-hydrogen) atoms. The summed E-state index contributed by atoms with van der Waals surface area (Å²) in [5.41, 5.74) is 0. The molecule has 0 fully saturated rings. The number of aliphatic carboxylic acids is 1. The number of carbonyl (C=O) groups is 2. The van der Waals surface area contributed by atoms with E-state index in [1.165, 1.54) is 20.0 Å². The molecule has 0 saturated carbocycles. The number of hydrogen-bond acceptors (Lipinski definition) is 5. The Bertz CT molecular complexity index is 480. The van der Waals surface area contributed by atoms with Crippen molar-refractivity contribution in [3.05, 3.63) is 28.0 Å². The summed E-state index contributed by atoms with van der Waals surface area (Å²) in [6.07, 6.45) is 0. The van der Waals surface area contributed by atoms with Crippen LogP contribution in [-0.4, -0.2) is 40.4 Å². The lowest BCUT2D eigenvalue weighted by molar-refractivity contribution is -0.402. The minimum atomic E-state index is -1.03. The van der Waals surface area contributed by atoms with Crippen molar-refractivity contribution in [2.45, 2.75) is 6.92 Å². The lowest BCUT2D eigenvalue weighted by atomic mass is 10.2. The molecule has 0 saturated heterocycles. The first-order valence-corrected chi connectivity index (χ1v) is 5.05. The van der Waals surface area contributed by atoms with E-state index in [2.05, 4.69) is 0 Å². The molecule has 0 aromatic carbocycles. The fourth-order valence-corrected chi connectivity index (χ4v) is 1.30. The second-order valence-corrected chi connectivity index (χ2v) is 3.82. The molecule has 0 spiro atoms. The van der Waals surface area contributed by atoms with E-state index in [9.17, 15) is 19.7 Å². The van der Waals surface area contributed by atoms with Crippen LogP contribution in [0.15, 0.2) is 16.5 Å². The van der Waals surface area contributed by atoms with Gasteiger partial charge in [-0.1, -0.05) is 6.92 Å². The van der Waals surface area contributed by atoms with Crippen LogP contribution >= 0.6 is 0 Å². The van der Waals surface area contributed by atoms with Gasteiger partial charge in [-0.05, 0) is 6.07 Å². The van der Waals surface area contributed by atoms with Crippen molar-refractivity contribution in [2.75, 3.05) is 13.6 Å². The van der Waals surface area contributed by atoms with E-state index < -0.39 is 28.6 Å². The molecule has 0 aliphatic heterocycles. The molecule has 98 valence electrons. The Hall–Kier alpha value is -2.38. The second kappa shape index (κ2) is 5.30. The molecule has 8 nitrogen and oxygen atoms in total. The van der Waals surface area contributed by atoms with Gasteiger partial charge in [0, 0.05) is 13.6 Å². The van der Waals surface area contributed by atoms with Gasteiger partial charge in [-0.2, -0.15) is 0 Å². The summed E-state index contributed by atoms with van der Waals surface area (Å²) in [5, 5.41) is 19.1. The van der Waals surface area contributed by atoms with E-state index >= 15 is 0 Å². The SMILES string of the molecule is CC(CN(C)C(=O)c1ccc([N+](=O)[O-])o1)C(=O)O. The van der Waals surface area contributed by atoms with E-state index in [0.717, 1.165) is 11.0 Å². The molecular formula is C10H12N2O6. The van der Waals surface area contributed by atoms with Crippen LogP contribution in [0.4, 0.5) is 5.88 Å². The van der Waals surface area contributed by atoms with Gasteiger partial charge in [-0.25, -0.2) is 0 Å². The highest BCUT2D eigenvalue weighted by molar-refractivity contribution is 5.91. The van der Waals surface area contributed by atoms with Crippen LogP contribution in [0.3, 0.4) is 0 Å². The molecule has 1 rings (SSSR count). The van der Waals surface area contributed by atoms with Crippen molar-refractivity contribution >= 4 is 17.8 Å². The predicted octanol–water partition coefficient (Wildman–Crippen LogP) is 0.980. The summed E-state index contributed by atoms with van der Waals surface area (Å²) in [5.74, 6) is -3.08. The maximum atomic E-state index is 11.8. The number of carboxylic acid groups (broad SMARTS) is 1. The number of amides is 1. The number of hydrogen-bond donors (Lipinski definition) is 1. The normalized spacial score (nSPS) is 11.9. The molecule has 0 bridgehead atoms. The Kier molecular flexibility index (Phi) is 4.03. The third-order valence-corrected chi connectivity index (χ3v) is 2.30. The van der Waals surface area contributed by atoms with Crippen LogP contribution in [0, 0.1) is 16.0 Å². The summed E-state index contributed by atoms with van der Waals surface area (Å²) < 4.78 is 4.73. The van der Waals surface area contributed by atoms with Crippen molar-refractivity contribution in [1.29, 1.82) is 0 Å². The molecule has 1 amide bonds. The van der Waals surface area contributed by atoms with Crippen LogP contribution in [0.5, 0.6) is 0 Å². The van der Waals surface area contributed by atoms with Crippen molar-refractivity contribution in [3.63, 3.8) is 0 Å².